The summed E-state index contributed by atoms with van der Waals surface area (Å²) in [5.74, 6) is 0.0180. The van der Waals surface area contributed by atoms with Gasteiger partial charge in [-0.2, -0.15) is 0 Å². The van der Waals surface area contributed by atoms with Crippen molar-refractivity contribution in [2.24, 2.45) is 5.73 Å². The van der Waals surface area contributed by atoms with Gasteiger partial charge in [0.15, 0.2) is 0 Å². The average molecular weight is 356 g/mol. The van der Waals surface area contributed by atoms with E-state index < -0.39 is 0 Å². The molecular weight excluding hydrogens is 328 g/mol. The first-order valence-electron chi connectivity index (χ1n) is 9.01. The fourth-order valence-corrected chi connectivity index (χ4v) is 3.12. The number of amides is 1. The van der Waals surface area contributed by atoms with E-state index in [-0.39, 0.29) is 25.2 Å². The van der Waals surface area contributed by atoms with E-state index in [1.807, 2.05) is 50.2 Å². The van der Waals surface area contributed by atoms with E-state index in [2.05, 4.69) is 0 Å². The molecule has 0 bridgehead atoms. The van der Waals surface area contributed by atoms with Crippen molar-refractivity contribution in [3.8, 4) is 0 Å². The predicted octanol–water partition coefficient (Wildman–Crippen LogP) is 2.40. The second-order valence-electron chi connectivity index (χ2n) is 6.29. The molecule has 0 fully saturated rings. The first-order valence-corrected chi connectivity index (χ1v) is 9.01. The van der Waals surface area contributed by atoms with E-state index in [1.54, 1.807) is 11.0 Å². The first-order chi connectivity index (χ1) is 12.5. The Bertz CT molecular complexity index is 742. The molecule has 0 aliphatic heterocycles. The molecule has 26 heavy (non-hydrogen) atoms. The molecule has 1 amide bonds. The van der Waals surface area contributed by atoms with E-state index in [0.717, 1.165) is 11.1 Å². The predicted molar refractivity (Wildman–Crippen MR) is 103 cm³/mol. The van der Waals surface area contributed by atoms with Crippen molar-refractivity contribution < 1.29 is 15.0 Å². The molecule has 0 saturated carbocycles. The lowest BCUT2D eigenvalue weighted by Crippen LogP contribution is -2.31. The summed E-state index contributed by atoms with van der Waals surface area (Å²) in [4.78, 5) is 14.5. The van der Waals surface area contributed by atoms with Crippen LogP contribution in [0.1, 0.15) is 52.5 Å². The molecule has 0 aliphatic rings. The Hall–Kier alpha value is -2.21. The highest BCUT2D eigenvalue weighted by molar-refractivity contribution is 5.95. The van der Waals surface area contributed by atoms with Crippen LogP contribution in [0.3, 0.4) is 0 Å². The zero-order valence-electron chi connectivity index (χ0n) is 15.5. The molecule has 5 nitrogen and oxygen atoms in total. The van der Waals surface area contributed by atoms with Crippen LogP contribution in [0.15, 0.2) is 42.5 Å². The van der Waals surface area contributed by atoms with Gasteiger partial charge in [-0.1, -0.05) is 36.4 Å². The van der Waals surface area contributed by atoms with Crippen LogP contribution < -0.4 is 5.73 Å². The van der Waals surface area contributed by atoms with Gasteiger partial charge in [-0.25, -0.2) is 0 Å². The quantitative estimate of drug-likeness (QED) is 0.678. The number of hydrogen-bond donors (Lipinski definition) is 3. The molecule has 0 spiro atoms. The number of nitrogens with zero attached hydrogens (tertiary/aromatic N) is 1. The molecule has 0 radical (unpaired) electrons. The highest BCUT2D eigenvalue weighted by atomic mass is 16.3. The molecule has 0 unspecified atom stereocenters. The maximum atomic E-state index is 12.8. The Balaban J connectivity index is 2.27. The minimum absolute atomic E-state index is 0.0180. The molecule has 0 aliphatic carbocycles. The van der Waals surface area contributed by atoms with Crippen LogP contribution in [0.25, 0.3) is 0 Å². The van der Waals surface area contributed by atoms with Gasteiger partial charge in [0.2, 0.25) is 0 Å². The van der Waals surface area contributed by atoms with E-state index in [1.165, 1.54) is 0 Å². The summed E-state index contributed by atoms with van der Waals surface area (Å²) in [7, 11) is 0. The van der Waals surface area contributed by atoms with Crippen LogP contribution in [0.2, 0.25) is 0 Å². The minimum atomic E-state index is -0.307. The topological polar surface area (TPSA) is 86.8 Å². The van der Waals surface area contributed by atoms with Gasteiger partial charge in [0.1, 0.15) is 0 Å². The Morgan fingerprint density at radius 1 is 1.00 bits per heavy atom. The Labute approximate surface area is 155 Å². The smallest absolute Gasteiger partial charge is 0.254 e. The van der Waals surface area contributed by atoms with Crippen LogP contribution in [-0.4, -0.2) is 34.1 Å². The lowest BCUT2D eigenvalue weighted by molar-refractivity contribution is 0.0772. The van der Waals surface area contributed by atoms with Gasteiger partial charge >= 0.3 is 0 Å². The summed E-state index contributed by atoms with van der Waals surface area (Å²) in [6.45, 7) is 5.00. The molecule has 1 atom stereocenters. The Morgan fingerprint density at radius 2 is 1.65 bits per heavy atom. The summed E-state index contributed by atoms with van der Waals surface area (Å²) < 4.78 is 0. The zero-order valence-corrected chi connectivity index (χ0v) is 15.5. The maximum absolute atomic E-state index is 12.8. The van der Waals surface area contributed by atoms with Crippen LogP contribution in [0, 0.1) is 0 Å². The summed E-state index contributed by atoms with van der Waals surface area (Å²) in [6.07, 6.45) is 0.520. The van der Waals surface area contributed by atoms with E-state index in [9.17, 15) is 15.0 Å². The molecule has 4 N–H and O–H groups in total. The maximum Gasteiger partial charge on any atom is 0.254 e. The molecule has 0 heterocycles. The summed E-state index contributed by atoms with van der Waals surface area (Å²) in [5, 5.41) is 18.8. The number of benzene rings is 2. The molecule has 5 heteroatoms. The van der Waals surface area contributed by atoms with Crippen molar-refractivity contribution >= 4 is 5.91 Å². The van der Waals surface area contributed by atoms with Crippen molar-refractivity contribution in [3.63, 3.8) is 0 Å². The number of carbonyl (C=O) groups is 1. The zero-order chi connectivity index (χ0) is 19.1. The van der Waals surface area contributed by atoms with Gasteiger partial charge in [-0.15, -0.1) is 0 Å². The summed E-state index contributed by atoms with van der Waals surface area (Å²) >= 11 is 0. The number of carbonyl (C=O) groups excluding carboxylic acids is 1. The highest BCUT2D eigenvalue weighted by Crippen LogP contribution is 2.22. The van der Waals surface area contributed by atoms with E-state index >= 15 is 0 Å². The molecule has 2 rings (SSSR count). The number of hydrogen-bond acceptors (Lipinski definition) is 4. The number of aliphatic hydroxyl groups excluding tert-OH is 2. The summed E-state index contributed by atoms with van der Waals surface area (Å²) in [5.41, 5.74) is 10.2. The highest BCUT2D eigenvalue weighted by Gasteiger charge is 2.18. The Kier molecular flexibility index (Phi) is 7.33. The largest absolute Gasteiger partial charge is 0.392 e. The number of nitrogens with two attached hydrogens (primary N) is 1. The van der Waals surface area contributed by atoms with Gasteiger partial charge in [-0.3, -0.25) is 4.79 Å². The lowest BCUT2D eigenvalue weighted by Gasteiger charge is -2.22. The third-order valence-electron chi connectivity index (χ3n) is 4.74. The van der Waals surface area contributed by atoms with Crippen molar-refractivity contribution in [1.82, 2.24) is 4.90 Å². The van der Waals surface area contributed by atoms with Crippen molar-refractivity contribution in [2.75, 3.05) is 13.1 Å². The summed E-state index contributed by atoms with van der Waals surface area (Å²) in [6, 6.07) is 12.7. The van der Waals surface area contributed by atoms with Gasteiger partial charge in [0.25, 0.3) is 5.91 Å². The molecule has 0 saturated heterocycles. The average Bonchev–Trinajstić information content (AvgIpc) is 2.68. The first kappa shape index (κ1) is 20.1. The molecular formula is C21H28N2O3. The van der Waals surface area contributed by atoms with Crippen molar-refractivity contribution in [3.05, 3.63) is 70.3 Å². The van der Waals surface area contributed by atoms with Crippen LogP contribution >= 0.6 is 0 Å². The van der Waals surface area contributed by atoms with E-state index in [0.29, 0.717) is 36.2 Å². The molecule has 2 aromatic carbocycles. The molecule has 0 aromatic heterocycles. The number of rotatable bonds is 8. The van der Waals surface area contributed by atoms with Crippen molar-refractivity contribution in [2.45, 2.75) is 39.5 Å². The van der Waals surface area contributed by atoms with Gasteiger partial charge in [0.05, 0.1) is 13.2 Å². The Morgan fingerprint density at radius 3 is 2.27 bits per heavy atom. The SMILES string of the molecule is CCN(CC)C(=O)c1ccccc1C[C@H](N)c1ccc(CO)c(CO)c1. The monoisotopic (exact) mass is 356 g/mol. The standard InChI is InChI=1S/C21H28N2O3/c1-3-23(4-2)21(26)19-8-6-5-7-15(19)12-20(22)16-9-10-17(13-24)18(11-16)14-25/h5-11,20,24-25H,3-4,12-14,22H2,1-2H3/t20-/m0/s1. The fraction of sp³-hybridized carbons (Fsp3) is 0.381. The van der Waals surface area contributed by atoms with Gasteiger partial charge < -0.3 is 20.8 Å². The minimum Gasteiger partial charge on any atom is -0.392 e. The lowest BCUT2D eigenvalue weighted by atomic mass is 9.93. The normalized spacial score (nSPS) is 12.0. The molecule has 140 valence electrons. The third kappa shape index (κ3) is 4.49. The van der Waals surface area contributed by atoms with Crippen LogP contribution in [0.4, 0.5) is 0 Å². The van der Waals surface area contributed by atoms with Crippen LogP contribution in [0.5, 0.6) is 0 Å². The molecule has 2 aromatic rings. The van der Waals surface area contributed by atoms with Gasteiger partial charge in [0, 0.05) is 24.7 Å². The second kappa shape index (κ2) is 9.48. The van der Waals surface area contributed by atoms with Gasteiger partial charge in [-0.05, 0) is 48.6 Å². The second-order valence-corrected chi connectivity index (χ2v) is 6.29. The third-order valence-corrected chi connectivity index (χ3v) is 4.74. The van der Waals surface area contributed by atoms with E-state index in [4.69, 9.17) is 5.73 Å². The fourth-order valence-electron chi connectivity index (χ4n) is 3.12. The van der Waals surface area contributed by atoms with Crippen molar-refractivity contribution in [1.29, 1.82) is 0 Å². The number of aliphatic hydroxyl groups is 2. The van der Waals surface area contributed by atoms with Crippen LogP contribution in [-0.2, 0) is 19.6 Å².